The fourth-order valence-corrected chi connectivity index (χ4v) is 2.05. The van der Waals surface area contributed by atoms with E-state index in [0.717, 1.165) is 24.6 Å². The molecule has 0 amide bonds. The largest absolute Gasteiger partial charge is 0.317 e. The molecule has 1 aliphatic rings. The van der Waals surface area contributed by atoms with Gasteiger partial charge in [0.15, 0.2) is 0 Å². The summed E-state index contributed by atoms with van der Waals surface area (Å²) in [6.45, 7) is 4.28. The maximum atomic E-state index is 8.81. The van der Waals surface area contributed by atoms with E-state index < -0.39 is 0 Å². The average molecular weight is 200 g/mol. The number of hydrogen-bond acceptors (Lipinski definition) is 2. The highest BCUT2D eigenvalue weighted by atomic mass is 14.9. The van der Waals surface area contributed by atoms with E-state index >= 15 is 0 Å². The minimum atomic E-state index is 0.678. The highest BCUT2D eigenvalue weighted by Crippen LogP contribution is 2.46. The third kappa shape index (κ3) is 2.37. The van der Waals surface area contributed by atoms with Gasteiger partial charge in [0.05, 0.1) is 11.6 Å². The fraction of sp³-hybridized carbons (Fsp3) is 0.462. The smallest absolute Gasteiger partial charge is 0.0991 e. The molecule has 1 N–H and O–H groups in total. The summed E-state index contributed by atoms with van der Waals surface area (Å²) in [4.78, 5) is 0. The number of nitrogens with one attached hydrogen (secondary N) is 1. The van der Waals surface area contributed by atoms with Gasteiger partial charge in [-0.25, -0.2) is 0 Å². The summed E-state index contributed by atoms with van der Waals surface area (Å²) < 4.78 is 0. The van der Waals surface area contributed by atoms with E-state index in [2.05, 4.69) is 24.4 Å². The summed E-state index contributed by atoms with van der Waals surface area (Å²) in [5, 5.41) is 12.2. The van der Waals surface area contributed by atoms with Gasteiger partial charge in [-0.1, -0.05) is 19.1 Å². The van der Waals surface area contributed by atoms with E-state index in [1.807, 2.05) is 18.2 Å². The van der Waals surface area contributed by atoms with Crippen LogP contribution in [0, 0.1) is 17.2 Å². The minimum Gasteiger partial charge on any atom is -0.317 e. The second kappa shape index (κ2) is 4.46. The van der Waals surface area contributed by atoms with Gasteiger partial charge in [-0.15, -0.1) is 0 Å². The first-order chi connectivity index (χ1) is 7.35. The van der Waals surface area contributed by atoms with Crippen molar-refractivity contribution in [1.29, 1.82) is 5.26 Å². The van der Waals surface area contributed by atoms with Crippen molar-refractivity contribution in [2.75, 3.05) is 13.1 Å². The van der Waals surface area contributed by atoms with Gasteiger partial charge >= 0.3 is 0 Å². The average Bonchev–Trinajstić information content (AvgIpc) is 3.06. The van der Waals surface area contributed by atoms with Crippen LogP contribution in [0.15, 0.2) is 24.3 Å². The molecule has 0 aromatic heterocycles. The monoisotopic (exact) mass is 200 g/mol. The second-order valence-corrected chi connectivity index (χ2v) is 4.15. The van der Waals surface area contributed by atoms with Crippen LogP contribution >= 0.6 is 0 Å². The lowest BCUT2D eigenvalue weighted by Crippen LogP contribution is -2.16. The number of nitrogens with zero attached hydrogens (tertiary/aromatic N) is 1. The van der Waals surface area contributed by atoms with Crippen molar-refractivity contribution in [3.05, 3.63) is 35.4 Å². The Hall–Kier alpha value is -1.33. The minimum absolute atomic E-state index is 0.678. The summed E-state index contributed by atoms with van der Waals surface area (Å²) in [6.07, 6.45) is 1.27. The van der Waals surface area contributed by atoms with Crippen LogP contribution in [0.25, 0.3) is 0 Å². The lowest BCUT2D eigenvalue weighted by atomic mass is 10.1. The van der Waals surface area contributed by atoms with Gasteiger partial charge in [0.2, 0.25) is 0 Å². The molecule has 2 unspecified atom stereocenters. The Kier molecular flexibility index (Phi) is 3.03. The van der Waals surface area contributed by atoms with Crippen molar-refractivity contribution in [1.82, 2.24) is 5.32 Å². The van der Waals surface area contributed by atoms with Crippen molar-refractivity contribution in [2.45, 2.75) is 19.3 Å². The molecule has 1 saturated carbocycles. The topological polar surface area (TPSA) is 35.8 Å². The molecule has 1 aromatic rings. The number of rotatable bonds is 4. The molecule has 1 fully saturated rings. The second-order valence-electron chi connectivity index (χ2n) is 4.15. The van der Waals surface area contributed by atoms with Crippen molar-refractivity contribution in [3.8, 4) is 6.07 Å². The molecule has 78 valence electrons. The molecule has 2 rings (SSSR count). The first-order valence-corrected chi connectivity index (χ1v) is 5.56. The Labute approximate surface area is 90.9 Å². The predicted molar refractivity (Wildman–Crippen MR) is 60.5 cm³/mol. The van der Waals surface area contributed by atoms with Crippen molar-refractivity contribution in [3.63, 3.8) is 0 Å². The molecular weight excluding hydrogens is 184 g/mol. The predicted octanol–water partition coefficient (Wildman–Crippen LogP) is 2.27. The first kappa shape index (κ1) is 10.2. The van der Waals surface area contributed by atoms with E-state index in [1.165, 1.54) is 12.0 Å². The van der Waals surface area contributed by atoms with Gasteiger partial charge < -0.3 is 5.32 Å². The van der Waals surface area contributed by atoms with Crippen LogP contribution in [-0.2, 0) is 0 Å². The molecule has 0 radical (unpaired) electrons. The molecule has 15 heavy (non-hydrogen) atoms. The quantitative estimate of drug-likeness (QED) is 0.809. The molecule has 2 heteroatoms. The van der Waals surface area contributed by atoms with Crippen molar-refractivity contribution < 1.29 is 0 Å². The van der Waals surface area contributed by atoms with Crippen LogP contribution in [0.4, 0.5) is 0 Å². The normalized spacial score (nSPS) is 23.5. The molecule has 1 aliphatic carbocycles. The third-order valence-corrected chi connectivity index (χ3v) is 3.02. The van der Waals surface area contributed by atoms with Crippen LogP contribution in [0.3, 0.4) is 0 Å². The highest BCUT2D eigenvalue weighted by Gasteiger charge is 2.37. The molecule has 0 saturated heterocycles. The SMILES string of the molecule is CCNCC1CC1c1cccc(C#N)c1. The standard InChI is InChI=1S/C13H16N2/c1-2-15-9-12-7-13(12)11-5-3-4-10(6-11)8-14/h3-6,12-13,15H,2,7,9H2,1H3. The van der Waals surface area contributed by atoms with Crippen molar-refractivity contribution >= 4 is 0 Å². The first-order valence-electron chi connectivity index (χ1n) is 5.56. The van der Waals surface area contributed by atoms with Gasteiger partial charge in [-0.3, -0.25) is 0 Å². The van der Waals surface area contributed by atoms with E-state index in [1.54, 1.807) is 0 Å². The Bertz CT molecular complexity index is 378. The molecular formula is C13H16N2. The Balaban J connectivity index is 1.98. The van der Waals surface area contributed by atoms with E-state index in [0.29, 0.717) is 5.92 Å². The lowest BCUT2D eigenvalue weighted by Gasteiger charge is -2.01. The zero-order chi connectivity index (χ0) is 10.7. The van der Waals surface area contributed by atoms with E-state index in [4.69, 9.17) is 5.26 Å². The Morgan fingerprint density at radius 2 is 2.40 bits per heavy atom. The number of nitriles is 1. The molecule has 0 spiro atoms. The molecule has 0 aliphatic heterocycles. The van der Waals surface area contributed by atoms with Gasteiger partial charge in [-0.2, -0.15) is 5.26 Å². The number of hydrogen-bond donors (Lipinski definition) is 1. The van der Waals surface area contributed by atoms with Crippen molar-refractivity contribution in [2.24, 2.45) is 5.92 Å². The van der Waals surface area contributed by atoms with Gasteiger partial charge in [0.25, 0.3) is 0 Å². The van der Waals surface area contributed by atoms with E-state index in [-0.39, 0.29) is 0 Å². The van der Waals surface area contributed by atoms with Gasteiger partial charge in [0, 0.05) is 0 Å². The molecule has 0 heterocycles. The zero-order valence-corrected chi connectivity index (χ0v) is 9.03. The van der Waals surface area contributed by atoms with Crippen LogP contribution in [0.2, 0.25) is 0 Å². The number of benzene rings is 1. The maximum absolute atomic E-state index is 8.81. The summed E-state index contributed by atoms with van der Waals surface area (Å²) in [5.74, 6) is 1.45. The lowest BCUT2D eigenvalue weighted by molar-refractivity contribution is 0.649. The van der Waals surface area contributed by atoms with E-state index in [9.17, 15) is 0 Å². The highest BCUT2D eigenvalue weighted by molar-refractivity contribution is 5.36. The summed E-state index contributed by atoms with van der Waals surface area (Å²) >= 11 is 0. The molecule has 0 bridgehead atoms. The summed E-state index contributed by atoms with van der Waals surface area (Å²) in [7, 11) is 0. The fourth-order valence-electron chi connectivity index (χ4n) is 2.05. The Morgan fingerprint density at radius 3 is 3.13 bits per heavy atom. The van der Waals surface area contributed by atoms with Gasteiger partial charge in [0.1, 0.15) is 0 Å². The van der Waals surface area contributed by atoms with Crippen LogP contribution in [0.1, 0.15) is 30.4 Å². The molecule has 2 atom stereocenters. The summed E-state index contributed by atoms with van der Waals surface area (Å²) in [6, 6.07) is 10.2. The molecule has 1 aromatic carbocycles. The van der Waals surface area contributed by atoms with Crippen LogP contribution in [-0.4, -0.2) is 13.1 Å². The van der Waals surface area contributed by atoms with Gasteiger partial charge in [-0.05, 0) is 49.0 Å². The van der Waals surface area contributed by atoms with Crippen LogP contribution < -0.4 is 5.32 Å². The third-order valence-electron chi connectivity index (χ3n) is 3.02. The Morgan fingerprint density at radius 1 is 1.53 bits per heavy atom. The molecule has 2 nitrogen and oxygen atoms in total. The maximum Gasteiger partial charge on any atom is 0.0991 e. The zero-order valence-electron chi connectivity index (χ0n) is 9.03. The summed E-state index contributed by atoms with van der Waals surface area (Å²) in [5.41, 5.74) is 2.11. The van der Waals surface area contributed by atoms with Crippen LogP contribution in [0.5, 0.6) is 0 Å².